The minimum absolute atomic E-state index is 0.0549. The van der Waals surface area contributed by atoms with Gasteiger partial charge in [0.15, 0.2) is 5.82 Å². The fourth-order valence-electron chi connectivity index (χ4n) is 5.30. The molecule has 0 aliphatic carbocycles. The molecule has 2 amide bonds. The van der Waals surface area contributed by atoms with Gasteiger partial charge in [-0.2, -0.15) is 5.26 Å². The summed E-state index contributed by atoms with van der Waals surface area (Å²) >= 11 is 6.14. The van der Waals surface area contributed by atoms with Crippen LogP contribution in [0.25, 0.3) is 11.3 Å². The molecule has 0 spiro atoms. The number of hydrogen-bond donors (Lipinski definition) is 1. The molecule has 2 aromatic carbocycles. The molecule has 1 N–H and O–H groups in total. The maximum atomic E-state index is 15.4. The predicted octanol–water partition coefficient (Wildman–Crippen LogP) is 5.84. The minimum Gasteiger partial charge on any atom is -0.494 e. The number of hydrogen-bond acceptors (Lipinski definition) is 5. The number of nitrogens with zero attached hydrogens (tertiary/aromatic N) is 4. The summed E-state index contributed by atoms with van der Waals surface area (Å²) in [4.78, 5) is 32.0. The smallest absolute Gasteiger partial charge is 0.261 e. The lowest BCUT2D eigenvalue weighted by Gasteiger charge is -2.29. The molecule has 0 bridgehead atoms. The zero-order valence-corrected chi connectivity index (χ0v) is 23.7. The van der Waals surface area contributed by atoms with E-state index in [1.807, 2.05) is 18.4 Å². The highest BCUT2D eigenvalue weighted by Crippen LogP contribution is 2.48. The van der Waals surface area contributed by atoms with Crippen LogP contribution in [0.1, 0.15) is 58.8 Å². The van der Waals surface area contributed by atoms with Crippen LogP contribution in [0.15, 0.2) is 60.8 Å². The van der Waals surface area contributed by atoms with Gasteiger partial charge >= 0.3 is 0 Å². The third-order valence-electron chi connectivity index (χ3n) is 7.15. The van der Waals surface area contributed by atoms with Gasteiger partial charge in [0.05, 0.1) is 64.7 Å². The van der Waals surface area contributed by atoms with Gasteiger partial charge in [-0.1, -0.05) is 29.8 Å². The Morgan fingerprint density at radius 3 is 2.56 bits per heavy atom. The van der Waals surface area contributed by atoms with Crippen molar-refractivity contribution in [3.8, 4) is 23.1 Å². The van der Waals surface area contributed by atoms with Gasteiger partial charge in [0, 0.05) is 18.7 Å². The van der Waals surface area contributed by atoms with Crippen LogP contribution in [0.2, 0.25) is 5.02 Å². The van der Waals surface area contributed by atoms with E-state index in [1.165, 1.54) is 24.1 Å². The number of nitrogens with one attached hydrogen (secondary N) is 1. The molecule has 41 heavy (non-hydrogen) atoms. The molecule has 1 atom stereocenters. The Morgan fingerprint density at radius 1 is 1.20 bits per heavy atom. The van der Waals surface area contributed by atoms with Gasteiger partial charge in [0.1, 0.15) is 11.8 Å². The Morgan fingerprint density at radius 2 is 1.93 bits per heavy atom. The van der Waals surface area contributed by atoms with Crippen LogP contribution >= 0.6 is 11.6 Å². The first-order valence-electron chi connectivity index (χ1n) is 13.0. The van der Waals surface area contributed by atoms with E-state index in [9.17, 15) is 14.9 Å². The van der Waals surface area contributed by atoms with Crippen molar-refractivity contribution in [1.29, 1.82) is 5.26 Å². The fourth-order valence-corrected chi connectivity index (χ4v) is 5.47. The Labute approximate surface area is 241 Å². The first-order chi connectivity index (χ1) is 19.7. The number of amides is 2. The zero-order valence-electron chi connectivity index (χ0n) is 22.9. The lowest BCUT2D eigenvalue weighted by Crippen LogP contribution is -2.30. The molecule has 1 aliphatic rings. The Balaban J connectivity index is 1.77. The number of ether oxygens (including phenoxy) is 1. The summed E-state index contributed by atoms with van der Waals surface area (Å²) in [7, 11) is 3.09. The number of pyridine rings is 1. The van der Waals surface area contributed by atoms with Gasteiger partial charge in [-0.3, -0.25) is 19.5 Å². The Bertz CT molecular complexity index is 1710. The summed E-state index contributed by atoms with van der Waals surface area (Å²) < 4.78 is 23.1. The summed E-state index contributed by atoms with van der Waals surface area (Å²) in [6, 6.07) is 16.3. The fraction of sp³-hybridized carbons (Fsp3) is 0.226. The quantitative estimate of drug-likeness (QED) is 0.300. The van der Waals surface area contributed by atoms with Crippen LogP contribution in [0.3, 0.4) is 0 Å². The minimum atomic E-state index is -0.715. The maximum Gasteiger partial charge on any atom is 0.261 e. The number of fused-ring (bicyclic) bond motifs is 1. The van der Waals surface area contributed by atoms with Crippen molar-refractivity contribution in [2.24, 2.45) is 0 Å². The van der Waals surface area contributed by atoms with Crippen molar-refractivity contribution in [3.05, 3.63) is 99.7 Å². The highest BCUT2D eigenvalue weighted by molar-refractivity contribution is 6.31. The number of aromatic nitrogens is 2. The number of methoxy groups -OCH3 is 1. The molecular weight excluding hydrogens is 545 g/mol. The molecule has 8 nitrogen and oxygen atoms in total. The number of anilines is 1. The number of benzene rings is 2. The SMILES string of the molecule is CNC(=O)Cc1cc(-c2cc3c(n2C(C)C)C(c2ccc(C#N)cc2)N(c2cccc(Cl)c2F)C3=O)c(OC)cn1. The molecule has 4 aromatic rings. The van der Waals surface area contributed by atoms with Gasteiger partial charge in [-0.15, -0.1) is 0 Å². The molecule has 3 heterocycles. The average molecular weight is 572 g/mol. The highest BCUT2D eigenvalue weighted by atomic mass is 35.5. The summed E-state index contributed by atoms with van der Waals surface area (Å²) in [5.74, 6) is -0.804. The largest absolute Gasteiger partial charge is 0.494 e. The third kappa shape index (κ3) is 4.81. The summed E-state index contributed by atoms with van der Waals surface area (Å²) in [6.07, 6.45) is 1.63. The molecule has 10 heteroatoms. The summed E-state index contributed by atoms with van der Waals surface area (Å²) in [5, 5.41) is 11.9. The number of halogens is 2. The standard InChI is InChI=1S/C31H27ClFN5O3/c1-17(2)37-25(21-12-20(13-27(39)35-3)36-16-26(21)41-4)14-22-30(37)29(19-10-8-18(15-34)9-11-19)38(31(22)40)24-7-5-6-23(32)28(24)33/h5-12,14,16-17,29H,13H2,1-4H3,(H,35,39). The van der Waals surface area contributed by atoms with E-state index in [0.29, 0.717) is 45.1 Å². The second-order valence-electron chi connectivity index (χ2n) is 9.90. The molecule has 0 fully saturated rings. The topological polar surface area (TPSA) is 100 Å². The van der Waals surface area contributed by atoms with Crippen molar-refractivity contribution in [1.82, 2.24) is 14.9 Å². The van der Waals surface area contributed by atoms with E-state index < -0.39 is 17.8 Å². The van der Waals surface area contributed by atoms with Crippen LogP contribution in [0.4, 0.5) is 10.1 Å². The van der Waals surface area contributed by atoms with Gasteiger partial charge in [-0.05, 0) is 55.8 Å². The molecule has 0 saturated heterocycles. The molecule has 208 valence electrons. The molecule has 1 unspecified atom stereocenters. The first kappa shape index (κ1) is 27.9. The second kappa shape index (κ2) is 11.1. The molecule has 0 saturated carbocycles. The van der Waals surface area contributed by atoms with E-state index in [-0.39, 0.29) is 29.1 Å². The first-order valence-corrected chi connectivity index (χ1v) is 13.3. The highest BCUT2D eigenvalue weighted by Gasteiger charge is 2.44. The lowest BCUT2D eigenvalue weighted by molar-refractivity contribution is -0.120. The van der Waals surface area contributed by atoms with Gasteiger partial charge in [0.2, 0.25) is 5.91 Å². The van der Waals surface area contributed by atoms with Gasteiger partial charge in [0.25, 0.3) is 5.91 Å². The molecule has 0 radical (unpaired) electrons. The predicted molar refractivity (Wildman–Crippen MR) is 154 cm³/mol. The van der Waals surface area contributed by atoms with Gasteiger partial charge in [-0.25, -0.2) is 4.39 Å². The Kier molecular flexibility index (Phi) is 7.52. The number of likely N-dealkylation sites (N-methyl/N-ethyl adjacent to an activating group) is 1. The summed E-state index contributed by atoms with van der Waals surface area (Å²) in [5.41, 5.74) is 4.17. The molecule has 5 rings (SSSR count). The van der Waals surface area contributed by atoms with Gasteiger partial charge < -0.3 is 14.6 Å². The van der Waals surface area contributed by atoms with Crippen molar-refractivity contribution >= 4 is 29.1 Å². The van der Waals surface area contributed by atoms with Crippen molar-refractivity contribution in [2.45, 2.75) is 32.4 Å². The number of rotatable bonds is 7. The number of carbonyl (C=O) groups excluding carboxylic acids is 2. The Hall–Kier alpha value is -4.68. The maximum absolute atomic E-state index is 15.4. The van der Waals surface area contributed by atoms with Crippen molar-refractivity contribution in [2.75, 3.05) is 19.1 Å². The van der Waals surface area contributed by atoms with E-state index in [2.05, 4.69) is 16.4 Å². The van der Waals surface area contributed by atoms with Crippen LogP contribution in [0.5, 0.6) is 5.75 Å². The normalized spacial score (nSPS) is 14.2. The van der Waals surface area contributed by atoms with Crippen LogP contribution in [-0.4, -0.2) is 35.5 Å². The van der Waals surface area contributed by atoms with Crippen molar-refractivity contribution in [3.63, 3.8) is 0 Å². The number of nitriles is 1. The van der Waals surface area contributed by atoms with E-state index in [0.717, 1.165) is 0 Å². The monoisotopic (exact) mass is 571 g/mol. The van der Waals surface area contributed by atoms with E-state index in [4.69, 9.17) is 16.3 Å². The second-order valence-corrected chi connectivity index (χ2v) is 10.3. The zero-order chi connectivity index (χ0) is 29.4. The lowest BCUT2D eigenvalue weighted by atomic mass is 10.0. The average Bonchev–Trinajstić information content (AvgIpc) is 3.49. The molecular formula is C31H27ClFN5O3. The van der Waals surface area contributed by atoms with Crippen LogP contribution in [-0.2, 0) is 11.2 Å². The third-order valence-corrected chi connectivity index (χ3v) is 7.44. The summed E-state index contributed by atoms with van der Waals surface area (Å²) in [6.45, 7) is 3.98. The van der Waals surface area contributed by atoms with E-state index in [1.54, 1.807) is 55.7 Å². The van der Waals surface area contributed by atoms with Crippen LogP contribution < -0.4 is 15.0 Å². The van der Waals surface area contributed by atoms with E-state index >= 15 is 4.39 Å². The number of carbonyl (C=O) groups is 2. The van der Waals surface area contributed by atoms with Crippen LogP contribution in [0, 0.1) is 17.1 Å². The van der Waals surface area contributed by atoms with Crippen molar-refractivity contribution < 1.29 is 18.7 Å². The molecule has 2 aromatic heterocycles. The molecule has 1 aliphatic heterocycles.